The number of imidazole rings is 1. The molecule has 4 aromatic rings. The summed E-state index contributed by atoms with van der Waals surface area (Å²) in [7, 11) is 0. The number of carbonyl (C=O) groups excluding carboxylic acids is 1. The Morgan fingerprint density at radius 1 is 0.881 bits per heavy atom. The Hall–Kier alpha value is -2.68. The van der Waals surface area contributed by atoms with Crippen LogP contribution in [0.15, 0.2) is 79.0 Å². The molecule has 2 aromatic heterocycles. The van der Waals surface area contributed by atoms with Gasteiger partial charge in [0.25, 0.3) is 0 Å². The molecule has 0 saturated carbocycles. The van der Waals surface area contributed by atoms with Crippen LogP contribution in [0, 0.1) is 0 Å². The predicted octanol–water partition coefficient (Wildman–Crippen LogP) is 6.18. The molecule has 2 aromatic carbocycles. The van der Waals surface area contributed by atoms with Crippen molar-refractivity contribution >= 4 is 48.8 Å². The molecule has 7 nitrogen and oxygen atoms in total. The van der Waals surface area contributed by atoms with Crippen molar-refractivity contribution in [3.8, 4) is 0 Å². The standard InChI is InChI=1S/C32H39N5O2.3ClH/c1-4-39-31(38)32(2,3)28-24-37-29(33-28)18-17-27(34-37)16-11-19-35-20-22-36(23-21-35)30(25-12-7-5-8-13-25)26-14-9-6-10-15-26;;;/h5-10,12-15,17-18,24,30H,4,11,16,19-23H2,1-3H3;3*1H. The van der Waals surface area contributed by atoms with Gasteiger partial charge in [-0.15, -0.1) is 37.2 Å². The molecule has 0 spiro atoms. The molecule has 10 heteroatoms. The van der Waals surface area contributed by atoms with Crippen molar-refractivity contribution in [2.45, 2.75) is 45.1 Å². The predicted molar refractivity (Wildman–Crippen MR) is 175 cm³/mol. The van der Waals surface area contributed by atoms with Gasteiger partial charge < -0.3 is 9.64 Å². The summed E-state index contributed by atoms with van der Waals surface area (Å²) in [4.78, 5) is 22.2. The monoisotopic (exact) mass is 633 g/mol. The van der Waals surface area contributed by atoms with E-state index in [2.05, 4.69) is 75.4 Å². The zero-order valence-electron chi connectivity index (χ0n) is 24.5. The number of aryl methyl sites for hydroxylation is 1. The SMILES string of the molecule is CCOC(=O)C(C)(C)c1cn2nc(CCCN3CCN(C(c4ccccc4)c4ccccc4)CC3)ccc2n1.Cl.Cl.Cl. The van der Waals surface area contributed by atoms with Gasteiger partial charge in [-0.2, -0.15) is 5.10 Å². The molecule has 1 fully saturated rings. The van der Waals surface area contributed by atoms with Gasteiger partial charge in [-0.3, -0.25) is 9.69 Å². The van der Waals surface area contributed by atoms with E-state index in [0.29, 0.717) is 18.3 Å². The van der Waals surface area contributed by atoms with Gasteiger partial charge in [-0.25, -0.2) is 9.50 Å². The van der Waals surface area contributed by atoms with Crippen LogP contribution in [0.5, 0.6) is 0 Å². The number of hydrogen-bond donors (Lipinski definition) is 0. The summed E-state index contributed by atoms with van der Waals surface area (Å²) >= 11 is 0. The maximum Gasteiger partial charge on any atom is 0.317 e. The Kier molecular flexibility index (Phi) is 13.7. The number of halogens is 3. The number of hydrogen-bond acceptors (Lipinski definition) is 6. The first-order valence-corrected chi connectivity index (χ1v) is 14.0. The third-order valence-corrected chi connectivity index (χ3v) is 7.71. The Morgan fingerprint density at radius 3 is 2.05 bits per heavy atom. The van der Waals surface area contributed by atoms with Gasteiger partial charge in [0.1, 0.15) is 5.41 Å². The lowest BCUT2D eigenvalue weighted by Crippen LogP contribution is -2.48. The summed E-state index contributed by atoms with van der Waals surface area (Å²) < 4.78 is 7.03. The zero-order valence-corrected chi connectivity index (χ0v) is 27.0. The summed E-state index contributed by atoms with van der Waals surface area (Å²) in [6.45, 7) is 11.1. The van der Waals surface area contributed by atoms with Crippen LogP contribution < -0.4 is 0 Å². The van der Waals surface area contributed by atoms with Gasteiger partial charge in [-0.1, -0.05) is 60.7 Å². The van der Waals surface area contributed by atoms with Crippen LogP contribution in [0.3, 0.4) is 0 Å². The van der Waals surface area contributed by atoms with E-state index in [4.69, 9.17) is 9.84 Å². The lowest BCUT2D eigenvalue weighted by molar-refractivity contribution is -0.148. The molecule has 0 radical (unpaired) electrons. The third kappa shape index (κ3) is 8.23. The fourth-order valence-electron chi connectivity index (χ4n) is 5.39. The number of carbonyl (C=O) groups is 1. The van der Waals surface area contributed by atoms with Gasteiger partial charge in [0.15, 0.2) is 5.65 Å². The number of fused-ring (bicyclic) bond motifs is 1. The minimum atomic E-state index is -0.813. The van der Waals surface area contributed by atoms with Gasteiger partial charge in [-0.05, 0) is 63.4 Å². The van der Waals surface area contributed by atoms with Gasteiger partial charge in [0, 0.05) is 26.2 Å². The van der Waals surface area contributed by atoms with Crippen molar-refractivity contribution in [3.05, 3.63) is 102 Å². The van der Waals surface area contributed by atoms with E-state index in [9.17, 15) is 4.79 Å². The van der Waals surface area contributed by atoms with Crippen LogP contribution in [0.4, 0.5) is 0 Å². The number of rotatable bonds is 10. The maximum absolute atomic E-state index is 12.4. The van der Waals surface area contributed by atoms with E-state index in [1.807, 2.05) is 39.1 Å². The number of ether oxygens (including phenoxy) is 1. The van der Waals surface area contributed by atoms with Crippen LogP contribution in [0.2, 0.25) is 0 Å². The van der Waals surface area contributed by atoms with E-state index in [1.54, 1.807) is 4.52 Å². The minimum Gasteiger partial charge on any atom is -0.465 e. The van der Waals surface area contributed by atoms with Crippen molar-refractivity contribution in [2.75, 3.05) is 39.3 Å². The lowest BCUT2D eigenvalue weighted by atomic mass is 9.90. The van der Waals surface area contributed by atoms with E-state index < -0.39 is 5.41 Å². The Labute approximate surface area is 267 Å². The molecule has 1 saturated heterocycles. The molecule has 1 aliphatic rings. The Balaban J connectivity index is 0.00000205. The molecule has 1 aliphatic heterocycles. The average molecular weight is 635 g/mol. The maximum atomic E-state index is 12.4. The number of piperazine rings is 1. The first kappa shape index (κ1) is 35.5. The largest absolute Gasteiger partial charge is 0.465 e. The van der Waals surface area contributed by atoms with Crippen LogP contribution in [0.1, 0.15) is 55.7 Å². The molecule has 0 N–H and O–H groups in total. The minimum absolute atomic E-state index is 0. The number of esters is 1. The summed E-state index contributed by atoms with van der Waals surface area (Å²) in [6.07, 6.45) is 3.81. The van der Waals surface area contributed by atoms with Gasteiger partial charge >= 0.3 is 5.97 Å². The van der Waals surface area contributed by atoms with Gasteiger partial charge in [0.05, 0.1) is 30.2 Å². The molecule has 0 bridgehead atoms. The average Bonchev–Trinajstić information content (AvgIpc) is 3.40. The molecule has 42 heavy (non-hydrogen) atoms. The van der Waals surface area contributed by atoms with Gasteiger partial charge in [0.2, 0.25) is 0 Å². The van der Waals surface area contributed by atoms with E-state index in [1.165, 1.54) is 11.1 Å². The summed E-state index contributed by atoms with van der Waals surface area (Å²) in [6, 6.07) is 26.0. The zero-order chi connectivity index (χ0) is 27.2. The molecular formula is C32H42Cl3N5O2. The fourth-order valence-corrected chi connectivity index (χ4v) is 5.39. The third-order valence-electron chi connectivity index (χ3n) is 7.71. The highest BCUT2D eigenvalue weighted by atomic mass is 35.5. The van der Waals surface area contributed by atoms with Crippen molar-refractivity contribution in [3.63, 3.8) is 0 Å². The molecular weight excluding hydrogens is 593 g/mol. The highest BCUT2D eigenvalue weighted by Gasteiger charge is 2.34. The van der Waals surface area contributed by atoms with Crippen molar-refractivity contribution < 1.29 is 9.53 Å². The van der Waals surface area contributed by atoms with Crippen LogP contribution in [-0.4, -0.2) is 69.7 Å². The topological polar surface area (TPSA) is 63.0 Å². The first-order valence-electron chi connectivity index (χ1n) is 14.0. The summed E-state index contributed by atoms with van der Waals surface area (Å²) in [5.41, 5.74) is 4.35. The molecule has 3 heterocycles. The highest BCUT2D eigenvalue weighted by molar-refractivity contribution is 5.86. The molecule has 228 valence electrons. The molecule has 0 aliphatic carbocycles. The van der Waals surface area contributed by atoms with Crippen molar-refractivity contribution in [2.24, 2.45) is 0 Å². The number of benzene rings is 2. The molecule has 0 unspecified atom stereocenters. The number of nitrogens with zero attached hydrogens (tertiary/aromatic N) is 5. The van der Waals surface area contributed by atoms with Crippen LogP contribution in [-0.2, 0) is 21.4 Å². The first-order chi connectivity index (χ1) is 19.0. The van der Waals surface area contributed by atoms with E-state index in [-0.39, 0.29) is 43.2 Å². The Bertz CT molecular complexity index is 1340. The molecule has 0 amide bonds. The smallest absolute Gasteiger partial charge is 0.317 e. The second-order valence-corrected chi connectivity index (χ2v) is 10.8. The second kappa shape index (κ2) is 16.2. The van der Waals surface area contributed by atoms with E-state index in [0.717, 1.165) is 56.9 Å². The molecule has 5 rings (SSSR count). The molecule has 0 atom stereocenters. The van der Waals surface area contributed by atoms with Crippen LogP contribution in [0.25, 0.3) is 5.65 Å². The Morgan fingerprint density at radius 2 is 1.48 bits per heavy atom. The second-order valence-electron chi connectivity index (χ2n) is 10.8. The lowest BCUT2D eigenvalue weighted by Gasteiger charge is -2.39. The van der Waals surface area contributed by atoms with Crippen LogP contribution >= 0.6 is 37.2 Å². The van der Waals surface area contributed by atoms with Crippen molar-refractivity contribution in [1.82, 2.24) is 24.4 Å². The van der Waals surface area contributed by atoms with E-state index >= 15 is 0 Å². The summed E-state index contributed by atoms with van der Waals surface area (Å²) in [5.74, 6) is -0.271. The normalized spacial score (nSPS) is 14.1. The highest BCUT2D eigenvalue weighted by Crippen LogP contribution is 2.29. The fraction of sp³-hybridized carbons (Fsp3) is 0.406. The number of aromatic nitrogens is 3. The quantitative estimate of drug-likeness (QED) is 0.194. The summed E-state index contributed by atoms with van der Waals surface area (Å²) in [5, 5.41) is 4.78. The van der Waals surface area contributed by atoms with Crippen molar-refractivity contribution in [1.29, 1.82) is 0 Å².